The topological polar surface area (TPSA) is 36.9 Å². The highest BCUT2D eigenvalue weighted by Gasteiger charge is 2.16. The largest absolute Gasteiger partial charge is 0.466 e. The van der Waals surface area contributed by atoms with Crippen molar-refractivity contribution in [1.29, 1.82) is 0 Å². The van der Waals surface area contributed by atoms with Crippen LogP contribution >= 0.6 is 31.9 Å². The Hall–Kier alpha value is -0.820. The van der Waals surface area contributed by atoms with Gasteiger partial charge in [-0.15, -0.1) is 0 Å². The lowest BCUT2D eigenvalue weighted by Gasteiger charge is -2.17. The Morgan fingerprint density at radius 1 is 0.773 bits per heavy atom. The van der Waals surface area contributed by atoms with E-state index in [1.54, 1.807) is 14.2 Å². The summed E-state index contributed by atoms with van der Waals surface area (Å²) in [5.41, 5.74) is 2.09. The molecule has 0 atom stereocenters. The number of ether oxygens (including phenoxy) is 4. The molecular weight excluding hydrogens is 416 g/mol. The number of halogens is 2. The van der Waals surface area contributed by atoms with Gasteiger partial charge in [0.1, 0.15) is 11.5 Å². The third kappa shape index (κ3) is 3.40. The first kappa shape index (κ1) is 17.5. The normalized spacial score (nSPS) is 11.0. The van der Waals surface area contributed by atoms with Crippen molar-refractivity contribution in [3.8, 4) is 11.5 Å². The summed E-state index contributed by atoms with van der Waals surface area (Å²) < 4.78 is 23.1. The van der Waals surface area contributed by atoms with E-state index in [1.807, 2.05) is 26.0 Å². The molecule has 0 saturated carbocycles. The predicted molar refractivity (Wildman–Crippen MR) is 93.8 cm³/mol. The molecule has 0 heterocycles. The van der Waals surface area contributed by atoms with Gasteiger partial charge >= 0.3 is 0 Å². The van der Waals surface area contributed by atoms with Crippen LogP contribution in [0.15, 0.2) is 21.1 Å². The summed E-state index contributed by atoms with van der Waals surface area (Å²) in [7, 11) is 3.20. The second-order valence-electron chi connectivity index (χ2n) is 4.82. The van der Waals surface area contributed by atoms with Crippen molar-refractivity contribution in [2.24, 2.45) is 0 Å². The smallest absolute Gasteiger partial charge is 0.188 e. The van der Waals surface area contributed by atoms with Gasteiger partial charge in [0.25, 0.3) is 0 Å². The molecular formula is C16H18Br2O4. The van der Waals surface area contributed by atoms with E-state index in [-0.39, 0.29) is 13.6 Å². The van der Waals surface area contributed by atoms with Gasteiger partial charge in [0.15, 0.2) is 13.6 Å². The monoisotopic (exact) mass is 432 g/mol. The van der Waals surface area contributed by atoms with Crippen molar-refractivity contribution in [1.82, 2.24) is 0 Å². The fourth-order valence-electron chi connectivity index (χ4n) is 2.35. The molecule has 6 heteroatoms. The van der Waals surface area contributed by atoms with Crippen LogP contribution < -0.4 is 9.47 Å². The molecule has 2 aromatic rings. The highest BCUT2D eigenvalue weighted by molar-refractivity contribution is 9.11. The zero-order chi connectivity index (χ0) is 16.3. The molecule has 0 unspecified atom stereocenters. The van der Waals surface area contributed by atoms with Gasteiger partial charge in [0.2, 0.25) is 0 Å². The second-order valence-corrected chi connectivity index (χ2v) is 6.53. The molecule has 0 radical (unpaired) electrons. The van der Waals surface area contributed by atoms with Gasteiger partial charge in [-0.25, -0.2) is 0 Å². The van der Waals surface area contributed by atoms with Crippen molar-refractivity contribution < 1.29 is 18.9 Å². The Balaban J connectivity index is 2.62. The van der Waals surface area contributed by atoms with Crippen LogP contribution in [0.3, 0.4) is 0 Å². The zero-order valence-corrected chi connectivity index (χ0v) is 16.1. The number of benzene rings is 2. The minimum Gasteiger partial charge on any atom is -0.466 e. The number of hydrogen-bond donors (Lipinski definition) is 0. The molecule has 0 aliphatic carbocycles. The Morgan fingerprint density at radius 3 is 1.45 bits per heavy atom. The molecule has 22 heavy (non-hydrogen) atoms. The summed E-state index contributed by atoms with van der Waals surface area (Å²) >= 11 is 7.14. The number of rotatable bonds is 6. The summed E-state index contributed by atoms with van der Waals surface area (Å²) in [6.07, 6.45) is 0. The van der Waals surface area contributed by atoms with Gasteiger partial charge in [-0.05, 0) is 68.6 Å². The summed E-state index contributed by atoms with van der Waals surface area (Å²) in [6.45, 7) is 4.47. The minimum atomic E-state index is 0.208. The van der Waals surface area contributed by atoms with Crippen LogP contribution in [0.4, 0.5) is 0 Å². The number of methoxy groups -OCH3 is 2. The van der Waals surface area contributed by atoms with Gasteiger partial charge in [0.05, 0.1) is 8.95 Å². The molecule has 4 nitrogen and oxygen atoms in total. The van der Waals surface area contributed by atoms with E-state index in [1.165, 1.54) is 0 Å². The maximum absolute atomic E-state index is 5.66. The van der Waals surface area contributed by atoms with Crippen LogP contribution in [0.2, 0.25) is 0 Å². The average Bonchev–Trinajstić information content (AvgIpc) is 2.49. The molecule has 2 aromatic carbocycles. The van der Waals surface area contributed by atoms with Gasteiger partial charge in [-0.2, -0.15) is 0 Å². The number of aryl methyl sites for hydroxylation is 2. The van der Waals surface area contributed by atoms with Gasteiger partial charge < -0.3 is 18.9 Å². The first-order valence-corrected chi connectivity index (χ1v) is 8.25. The molecule has 0 spiro atoms. The van der Waals surface area contributed by atoms with Crippen LogP contribution in [0.1, 0.15) is 11.1 Å². The maximum Gasteiger partial charge on any atom is 0.188 e. The summed E-state index contributed by atoms with van der Waals surface area (Å²) in [4.78, 5) is 0. The first-order chi connectivity index (χ1) is 10.5. The average molecular weight is 434 g/mol. The third-order valence-electron chi connectivity index (χ3n) is 3.40. The molecule has 0 N–H and O–H groups in total. The van der Waals surface area contributed by atoms with Crippen molar-refractivity contribution in [3.05, 3.63) is 32.2 Å². The van der Waals surface area contributed by atoms with Crippen LogP contribution in [0.5, 0.6) is 11.5 Å². The molecule has 2 rings (SSSR count). The lowest BCUT2D eigenvalue weighted by molar-refractivity contribution is 0.0498. The maximum atomic E-state index is 5.66. The Kier molecular flexibility index (Phi) is 6.09. The minimum absolute atomic E-state index is 0.208. The fourth-order valence-corrected chi connectivity index (χ4v) is 3.64. The van der Waals surface area contributed by atoms with E-state index in [0.717, 1.165) is 42.3 Å². The van der Waals surface area contributed by atoms with Gasteiger partial charge in [0, 0.05) is 25.3 Å². The molecule has 0 fully saturated rings. The lowest BCUT2D eigenvalue weighted by atomic mass is 10.00. The zero-order valence-electron chi connectivity index (χ0n) is 13.0. The molecule has 120 valence electrons. The summed E-state index contributed by atoms with van der Waals surface area (Å²) in [5, 5.41) is 2.20. The molecule has 0 aromatic heterocycles. The van der Waals surface area contributed by atoms with Crippen LogP contribution in [0.25, 0.3) is 10.8 Å². The SMILES string of the molecule is COCOc1c(Br)cc2c(C)c(OCOC)c(Br)cc2c1C. The Bertz CT molecular complexity index is 627. The second kappa shape index (κ2) is 7.64. The van der Waals surface area contributed by atoms with E-state index in [4.69, 9.17) is 18.9 Å². The van der Waals surface area contributed by atoms with Crippen molar-refractivity contribution >= 4 is 42.6 Å². The van der Waals surface area contributed by atoms with E-state index < -0.39 is 0 Å². The molecule has 0 bridgehead atoms. The standard InChI is InChI=1S/C16H18Br2O4/c1-9-11-5-14(18)16(22-8-20-4)10(2)12(11)6-13(17)15(9)21-7-19-3/h5-6H,7-8H2,1-4H3. The highest BCUT2D eigenvalue weighted by atomic mass is 79.9. The highest BCUT2D eigenvalue weighted by Crippen LogP contribution is 2.42. The molecule has 0 aliphatic heterocycles. The van der Waals surface area contributed by atoms with Crippen LogP contribution in [-0.4, -0.2) is 27.8 Å². The summed E-state index contributed by atoms with van der Waals surface area (Å²) in [6, 6.07) is 4.07. The lowest BCUT2D eigenvalue weighted by Crippen LogP contribution is -2.03. The number of hydrogen-bond acceptors (Lipinski definition) is 4. The molecule has 0 aliphatic rings. The van der Waals surface area contributed by atoms with E-state index >= 15 is 0 Å². The van der Waals surface area contributed by atoms with Crippen molar-refractivity contribution in [2.45, 2.75) is 13.8 Å². The first-order valence-electron chi connectivity index (χ1n) is 6.66. The molecule has 0 amide bonds. The third-order valence-corrected chi connectivity index (χ3v) is 4.58. The van der Waals surface area contributed by atoms with Crippen LogP contribution in [-0.2, 0) is 9.47 Å². The van der Waals surface area contributed by atoms with E-state index in [2.05, 4.69) is 31.9 Å². The van der Waals surface area contributed by atoms with Crippen molar-refractivity contribution in [3.63, 3.8) is 0 Å². The van der Waals surface area contributed by atoms with Crippen LogP contribution in [0, 0.1) is 13.8 Å². The Labute approximate surface area is 146 Å². The quantitative estimate of drug-likeness (QED) is 0.604. The van der Waals surface area contributed by atoms with E-state index in [9.17, 15) is 0 Å². The summed E-state index contributed by atoms with van der Waals surface area (Å²) in [5.74, 6) is 1.57. The Morgan fingerprint density at radius 2 is 1.14 bits per heavy atom. The van der Waals surface area contributed by atoms with Crippen molar-refractivity contribution in [2.75, 3.05) is 27.8 Å². The molecule has 0 saturated heterocycles. The predicted octanol–water partition coefficient (Wildman–Crippen LogP) is 4.95. The van der Waals surface area contributed by atoms with E-state index in [0.29, 0.717) is 0 Å². The number of fused-ring (bicyclic) bond motifs is 1. The van der Waals surface area contributed by atoms with Gasteiger partial charge in [-0.3, -0.25) is 0 Å². The fraction of sp³-hybridized carbons (Fsp3) is 0.375. The van der Waals surface area contributed by atoms with Gasteiger partial charge in [-0.1, -0.05) is 0 Å².